The highest BCUT2D eigenvalue weighted by Crippen LogP contribution is 2.44. The monoisotopic (exact) mass is 432 g/mol. The van der Waals surface area contributed by atoms with E-state index in [0.717, 1.165) is 0 Å². The number of nitrogens with zero attached hydrogens (tertiary/aromatic N) is 3. The summed E-state index contributed by atoms with van der Waals surface area (Å²) in [6, 6.07) is 16.6. The molecule has 2 aliphatic rings. The van der Waals surface area contributed by atoms with Crippen molar-refractivity contribution in [1.29, 1.82) is 0 Å². The van der Waals surface area contributed by atoms with Crippen molar-refractivity contribution in [3.8, 4) is 11.1 Å². The molecule has 1 amide bonds. The van der Waals surface area contributed by atoms with Crippen LogP contribution in [0.15, 0.2) is 53.3 Å². The zero-order valence-electron chi connectivity index (χ0n) is 18.5. The third-order valence-electron chi connectivity index (χ3n) is 6.61. The Kier molecular flexibility index (Phi) is 5.33. The largest absolute Gasteiger partial charge is 0.448 e. The van der Waals surface area contributed by atoms with Gasteiger partial charge in [-0.15, -0.1) is 0 Å². The van der Waals surface area contributed by atoms with Crippen molar-refractivity contribution < 1.29 is 9.53 Å². The smallest absolute Gasteiger partial charge is 0.409 e. The molecule has 32 heavy (non-hydrogen) atoms. The standard InChI is InChI=1S/C25H28N4O3/c1-16(2)23-26-24(30)29(27-23)17-11-13-28(14-12-17)25(31)32-15-22-20-9-5-3-7-18(20)19-8-4-6-10-21(19)22/h3-10,16-17,22H,11-15H2,1-2H3,(H,26,27,30). The summed E-state index contributed by atoms with van der Waals surface area (Å²) in [6.45, 7) is 5.43. The second-order valence-electron chi connectivity index (χ2n) is 8.94. The first kappa shape index (κ1) is 20.5. The van der Waals surface area contributed by atoms with Crippen LogP contribution in [0.4, 0.5) is 4.79 Å². The summed E-state index contributed by atoms with van der Waals surface area (Å²) in [5, 5.41) is 4.45. The van der Waals surface area contributed by atoms with Gasteiger partial charge in [-0.25, -0.2) is 14.3 Å². The number of carbonyl (C=O) groups excluding carboxylic acids is 1. The van der Waals surface area contributed by atoms with Gasteiger partial charge in [0, 0.05) is 24.9 Å². The summed E-state index contributed by atoms with van der Waals surface area (Å²) < 4.78 is 7.32. The van der Waals surface area contributed by atoms with Crippen LogP contribution < -0.4 is 5.69 Å². The lowest BCUT2D eigenvalue weighted by molar-refractivity contribution is 0.0850. The van der Waals surface area contributed by atoms with Crippen LogP contribution >= 0.6 is 0 Å². The first-order valence-corrected chi connectivity index (χ1v) is 11.3. The summed E-state index contributed by atoms with van der Waals surface area (Å²) in [4.78, 5) is 29.6. The van der Waals surface area contributed by atoms with E-state index in [4.69, 9.17) is 4.74 Å². The van der Waals surface area contributed by atoms with Crippen molar-refractivity contribution in [2.24, 2.45) is 0 Å². The average molecular weight is 433 g/mol. The highest BCUT2D eigenvalue weighted by atomic mass is 16.6. The van der Waals surface area contributed by atoms with Gasteiger partial charge < -0.3 is 9.64 Å². The number of benzene rings is 2. The number of nitrogens with one attached hydrogen (secondary N) is 1. The molecule has 2 aromatic carbocycles. The maximum atomic E-state index is 12.8. The van der Waals surface area contributed by atoms with Crippen molar-refractivity contribution in [3.63, 3.8) is 0 Å². The maximum absolute atomic E-state index is 12.8. The Bertz CT molecular complexity index is 1140. The molecule has 2 heterocycles. The van der Waals surface area contributed by atoms with Crippen LogP contribution in [0.25, 0.3) is 11.1 Å². The van der Waals surface area contributed by atoms with Crippen molar-refractivity contribution in [3.05, 3.63) is 76.0 Å². The average Bonchev–Trinajstić information content (AvgIpc) is 3.36. The van der Waals surface area contributed by atoms with Crippen LogP contribution in [0, 0.1) is 0 Å². The zero-order chi connectivity index (χ0) is 22.2. The molecule has 1 N–H and O–H groups in total. The summed E-state index contributed by atoms with van der Waals surface area (Å²) in [5.74, 6) is 0.930. The van der Waals surface area contributed by atoms with Gasteiger partial charge in [0.1, 0.15) is 12.4 Å². The number of amides is 1. The van der Waals surface area contributed by atoms with Gasteiger partial charge in [0.05, 0.1) is 6.04 Å². The third kappa shape index (κ3) is 3.61. The lowest BCUT2D eigenvalue weighted by atomic mass is 9.98. The number of H-pyrrole nitrogens is 1. The molecule has 7 heteroatoms. The Morgan fingerprint density at radius 2 is 1.66 bits per heavy atom. The molecular formula is C25H28N4O3. The predicted octanol–water partition coefficient (Wildman–Crippen LogP) is 4.28. The normalized spacial score (nSPS) is 16.3. The van der Waals surface area contributed by atoms with Crippen LogP contribution in [0.3, 0.4) is 0 Å². The minimum Gasteiger partial charge on any atom is -0.448 e. The number of ether oxygens (including phenoxy) is 1. The molecule has 1 fully saturated rings. The molecule has 0 radical (unpaired) electrons. The number of hydrogen-bond donors (Lipinski definition) is 1. The second kappa shape index (κ2) is 8.30. The van der Waals surface area contributed by atoms with Crippen molar-refractivity contribution in [2.75, 3.05) is 19.7 Å². The van der Waals surface area contributed by atoms with E-state index >= 15 is 0 Å². The number of fused-ring (bicyclic) bond motifs is 3. The number of likely N-dealkylation sites (tertiary alicyclic amines) is 1. The molecule has 0 spiro atoms. The highest BCUT2D eigenvalue weighted by Gasteiger charge is 2.31. The predicted molar refractivity (Wildman–Crippen MR) is 122 cm³/mol. The molecule has 1 aliphatic heterocycles. The Labute approximate surface area is 187 Å². The van der Waals surface area contributed by atoms with Crippen LogP contribution in [0.2, 0.25) is 0 Å². The summed E-state index contributed by atoms with van der Waals surface area (Å²) >= 11 is 0. The molecule has 7 nitrogen and oxygen atoms in total. The van der Waals surface area contributed by atoms with Crippen LogP contribution in [-0.4, -0.2) is 45.5 Å². The van der Waals surface area contributed by atoms with Crippen LogP contribution in [0.5, 0.6) is 0 Å². The van der Waals surface area contributed by atoms with Crippen LogP contribution in [-0.2, 0) is 4.74 Å². The van der Waals surface area contributed by atoms with E-state index < -0.39 is 0 Å². The molecule has 1 aliphatic carbocycles. The van der Waals surface area contributed by atoms with Crippen LogP contribution in [0.1, 0.15) is 61.5 Å². The first-order chi connectivity index (χ1) is 15.5. The molecule has 1 saturated heterocycles. The number of carbonyl (C=O) groups is 1. The number of aromatic amines is 1. The van der Waals surface area contributed by atoms with E-state index in [1.165, 1.54) is 22.3 Å². The molecule has 3 aromatic rings. The summed E-state index contributed by atoms with van der Waals surface area (Å²) in [5.41, 5.74) is 4.68. The van der Waals surface area contributed by atoms with E-state index in [-0.39, 0.29) is 29.7 Å². The zero-order valence-corrected chi connectivity index (χ0v) is 18.5. The van der Waals surface area contributed by atoms with Gasteiger partial charge in [-0.2, -0.15) is 5.10 Å². The molecule has 0 saturated carbocycles. The van der Waals surface area contributed by atoms with Crippen molar-refractivity contribution in [2.45, 2.75) is 44.6 Å². The number of hydrogen-bond acceptors (Lipinski definition) is 4. The topological polar surface area (TPSA) is 80.2 Å². The SMILES string of the molecule is CC(C)c1nn(C2CCN(C(=O)OCC3c4ccccc4-c4ccccc43)CC2)c(=O)[nH]1. The fraction of sp³-hybridized carbons (Fsp3) is 0.400. The van der Waals surface area contributed by atoms with E-state index in [2.05, 4.69) is 34.3 Å². The summed E-state index contributed by atoms with van der Waals surface area (Å²) in [7, 11) is 0. The van der Waals surface area contributed by atoms with E-state index in [0.29, 0.717) is 38.4 Å². The van der Waals surface area contributed by atoms with E-state index in [1.807, 2.05) is 38.1 Å². The fourth-order valence-electron chi connectivity index (χ4n) is 4.84. The minimum atomic E-state index is -0.289. The fourth-order valence-corrected chi connectivity index (χ4v) is 4.84. The minimum absolute atomic E-state index is 0.00360. The number of aromatic nitrogens is 3. The van der Waals surface area contributed by atoms with Gasteiger partial charge in [-0.3, -0.25) is 4.98 Å². The van der Waals surface area contributed by atoms with E-state index in [1.54, 1.807) is 9.58 Å². The quantitative estimate of drug-likeness (QED) is 0.667. The van der Waals surface area contributed by atoms with Gasteiger partial charge >= 0.3 is 11.8 Å². The Morgan fingerprint density at radius 3 is 2.22 bits per heavy atom. The van der Waals surface area contributed by atoms with Crippen molar-refractivity contribution >= 4 is 6.09 Å². The van der Waals surface area contributed by atoms with Gasteiger partial charge in [-0.05, 0) is 35.1 Å². The van der Waals surface area contributed by atoms with Gasteiger partial charge in [0.15, 0.2) is 0 Å². The maximum Gasteiger partial charge on any atom is 0.409 e. The molecular weight excluding hydrogens is 404 g/mol. The molecule has 166 valence electrons. The number of piperidine rings is 1. The van der Waals surface area contributed by atoms with Gasteiger partial charge in [0.25, 0.3) is 0 Å². The van der Waals surface area contributed by atoms with Crippen molar-refractivity contribution in [1.82, 2.24) is 19.7 Å². The molecule has 5 rings (SSSR count). The highest BCUT2D eigenvalue weighted by molar-refractivity contribution is 5.79. The van der Waals surface area contributed by atoms with E-state index in [9.17, 15) is 9.59 Å². The van der Waals surface area contributed by atoms with Gasteiger partial charge in [0.2, 0.25) is 0 Å². The Hall–Kier alpha value is -3.35. The Morgan fingerprint density at radius 1 is 1.06 bits per heavy atom. The second-order valence-corrected chi connectivity index (χ2v) is 8.94. The molecule has 1 aromatic heterocycles. The summed E-state index contributed by atoms with van der Waals surface area (Å²) in [6.07, 6.45) is 1.08. The lowest BCUT2D eigenvalue weighted by Gasteiger charge is -2.31. The number of rotatable bonds is 4. The first-order valence-electron chi connectivity index (χ1n) is 11.3. The lowest BCUT2D eigenvalue weighted by Crippen LogP contribution is -2.41. The Balaban J connectivity index is 1.22. The molecule has 0 unspecified atom stereocenters. The van der Waals surface area contributed by atoms with Gasteiger partial charge in [-0.1, -0.05) is 62.4 Å². The third-order valence-corrected chi connectivity index (χ3v) is 6.61. The molecule has 0 atom stereocenters. The molecule has 0 bridgehead atoms.